The topological polar surface area (TPSA) is 97.5 Å². The van der Waals surface area contributed by atoms with Gasteiger partial charge in [-0.05, 0) is 60.1 Å². The molecule has 0 aliphatic carbocycles. The number of nitrogens with one attached hydrogen (secondary N) is 1. The molecule has 1 aromatic heterocycles. The third-order valence-electron chi connectivity index (χ3n) is 6.10. The summed E-state index contributed by atoms with van der Waals surface area (Å²) in [7, 11) is 0. The fourth-order valence-electron chi connectivity index (χ4n) is 4.22. The molecule has 0 spiro atoms. The van der Waals surface area contributed by atoms with E-state index in [-0.39, 0.29) is 12.5 Å². The van der Waals surface area contributed by atoms with Gasteiger partial charge in [-0.3, -0.25) is 4.79 Å². The Morgan fingerprint density at radius 3 is 2.62 bits per heavy atom. The molecule has 1 fully saturated rings. The zero-order valence-corrected chi connectivity index (χ0v) is 18.3. The van der Waals surface area contributed by atoms with Crippen LogP contribution in [-0.2, 0) is 4.74 Å². The molecule has 1 unspecified atom stereocenters. The van der Waals surface area contributed by atoms with Crippen LogP contribution in [0.4, 0.5) is 5.82 Å². The number of nitrogens with zero attached hydrogens (tertiary/aromatic N) is 1. The van der Waals surface area contributed by atoms with Gasteiger partial charge in [-0.2, -0.15) is 0 Å². The second-order valence-corrected chi connectivity index (χ2v) is 8.24. The first-order valence-corrected chi connectivity index (χ1v) is 11.0. The van der Waals surface area contributed by atoms with Gasteiger partial charge < -0.3 is 20.9 Å². The number of hydrogen-bond donors (Lipinski definition) is 3. The number of carbonyl (C=O) groups excluding carboxylic acids is 1. The van der Waals surface area contributed by atoms with Crippen LogP contribution in [0, 0.1) is 6.92 Å². The van der Waals surface area contributed by atoms with E-state index in [9.17, 15) is 9.90 Å². The maximum atomic E-state index is 12.9. The number of pyridine rings is 1. The molecule has 1 amide bonds. The predicted octanol–water partition coefficient (Wildman–Crippen LogP) is 4.00. The van der Waals surface area contributed by atoms with E-state index in [1.165, 1.54) is 5.56 Å². The van der Waals surface area contributed by atoms with Crippen molar-refractivity contribution in [2.75, 3.05) is 25.6 Å². The molecule has 4 N–H and O–H groups in total. The minimum atomic E-state index is -0.459. The fourth-order valence-corrected chi connectivity index (χ4v) is 4.22. The molecule has 1 saturated heterocycles. The number of aryl methyl sites for hydroxylation is 1. The van der Waals surface area contributed by atoms with Crippen molar-refractivity contribution in [1.29, 1.82) is 0 Å². The second kappa shape index (κ2) is 9.94. The molecule has 0 bridgehead atoms. The first kappa shape index (κ1) is 22.0. The number of ether oxygens (including phenoxy) is 1. The van der Waals surface area contributed by atoms with Crippen LogP contribution in [0.15, 0.2) is 60.8 Å². The Morgan fingerprint density at radius 1 is 1.19 bits per heavy atom. The Hall–Kier alpha value is -3.22. The van der Waals surface area contributed by atoms with Gasteiger partial charge in [0.05, 0.1) is 12.6 Å². The van der Waals surface area contributed by atoms with Crippen molar-refractivity contribution in [3.05, 3.63) is 83.0 Å². The van der Waals surface area contributed by atoms with Crippen LogP contribution in [-0.4, -0.2) is 35.8 Å². The minimum Gasteiger partial charge on any atom is -0.394 e. The third kappa shape index (κ3) is 4.82. The summed E-state index contributed by atoms with van der Waals surface area (Å²) in [4.78, 5) is 17.3. The van der Waals surface area contributed by atoms with E-state index < -0.39 is 6.04 Å². The number of aromatic nitrogens is 1. The summed E-state index contributed by atoms with van der Waals surface area (Å²) in [5.41, 5.74) is 11.4. The number of rotatable bonds is 6. The molecule has 1 aliphatic heterocycles. The number of hydrogen-bond acceptors (Lipinski definition) is 5. The van der Waals surface area contributed by atoms with Gasteiger partial charge >= 0.3 is 0 Å². The quantitative estimate of drug-likeness (QED) is 0.548. The lowest BCUT2D eigenvalue weighted by molar-refractivity contribution is 0.0853. The van der Waals surface area contributed by atoms with E-state index in [0.29, 0.717) is 17.3 Å². The highest BCUT2D eigenvalue weighted by Crippen LogP contribution is 2.33. The number of benzene rings is 2. The van der Waals surface area contributed by atoms with Crippen molar-refractivity contribution in [3.63, 3.8) is 0 Å². The SMILES string of the molecule is Cc1cc(-c2cc(C3CCOCC3)cnc2N)ccc1C(=O)NC(CO)c1ccccc1. The van der Waals surface area contributed by atoms with Crippen LogP contribution in [0.1, 0.15) is 51.8 Å². The normalized spacial score (nSPS) is 15.3. The van der Waals surface area contributed by atoms with Crippen LogP contribution in [0.3, 0.4) is 0 Å². The molecule has 0 saturated carbocycles. The molecule has 4 rings (SSSR count). The summed E-state index contributed by atoms with van der Waals surface area (Å²) < 4.78 is 5.48. The second-order valence-electron chi connectivity index (χ2n) is 8.24. The van der Waals surface area contributed by atoms with E-state index in [1.54, 1.807) is 6.07 Å². The highest BCUT2D eigenvalue weighted by Gasteiger charge is 2.19. The zero-order chi connectivity index (χ0) is 22.5. The lowest BCUT2D eigenvalue weighted by Gasteiger charge is -2.23. The number of carbonyl (C=O) groups is 1. The number of nitrogen functional groups attached to an aromatic ring is 1. The first-order chi connectivity index (χ1) is 15.6. The monoisotopic (exact) mass is 431 g/mol. The summed E-state index contributed by atoms with van der Waals surface area (Å²) in [5.74, 6) is 0.677. The van der Waals surface area contributed by atoms with E-state index >= 15 is 0 Å². The lowest BCUT2D eigenvalue weighted by Crippen LogP contribution is -2.31. The molecule has 32 heavy (non-hydrogen) atoms. The highest BCUT2D eigenvalue weighted by molar-refractivity contribution is 5.96. The first-order valence-electron chi connectivity index (χ1n) is 11.0. The molecule has 2 aromatic carbocycles. The summed E-state index contributed by atoms with van der Waals surface area (Å²) >= 11 is 0. The fraction of sp³-hybridized carbons (Fsp3) is 0.308. The van der Waals surface area contributed by atoms with Gasteiger partial charge in [0.25, 0.3) is 5.91 Å². The Balaban J connectivity index is 1.56. The van der Waals surface area contributed by atoms with Gasteiger partial charge in [-0.15, -0.1) is 0 Å². The number of aliphatic hydroxyl groups excluding tert-OH is 1. The number of aliphatic hydroxyl groups is 1. The lowest BCUT2D eigenvalue weighted by atomic mass is 9.90. The number of amides is 1. The Bertz CT molecular complexity index is 1080. The standard InChI is InChI=1S/C26H29N3O3/c1-17-13-20(23-14-21(15-28-25(23)27)18-9-11-32-12-10-18)7-8-22(17)26(31)29-24(16-30)19-5-3-2-4-6-19/h2-8,13-15,18,24,30H,9-12,16H2,1H3,(H2,27,28)(H,29,31). The van der Waals surface area contributed by atoms with Crippen molar-refractivity contribution in [2.24, 2.45) is 0 Å². The van der Waals surface area contributed by atoms with Gasteiger partial charge in [0.15, 0.2) is 0 Å². The molecular formula is C26H29N3O3. The molecule has 6 nitrogen and oxygen atoms in total. The van der Waals surface area contributed by atoms with Gasteiger partial charge in [-0.1, -0.05) is 42.5 Å². The summed E-state index contributed by atoms with van der Waals surface area (Å²) in [5, 5.41) is 12.7. The van der Waals surface area contributed by atoms with E-state index in [2.05, 4.69) is 16.4 Å². The van der Waals surface area contributed by atoms with Crippen LogP contribution in [0.2, 0.25) is 0 Å². The van der Waals surface area contributed by atoms with Crippen LogP contribution < -0.4 is 11.1 Å². The molecule has 166 valence electrons. The summed E-state index contributed by atoms with van der Waals surface area (Å²) in [6.45, 7) is 3.27. The minimum absolute atomic E-state index is 0.173. The smallest absolute Gasteiger partial charge is 0.252 e. The molecule has 0 radical (unpaired) electrons. The van der Waals surface area contributed by atoms with Crippen molar-refractivity contribution >= 4 is 11.7 Å². The maximum absolute atomic E-state index is 12.9. The van der Waals surface area contributed by atoms with Crippen molar-refractivity contribution in [1.82, 2.24) is 10.3 Å². The third-order valence-corrected chi connectivity index (χ3v) is 6.10. The Labute approximate surface area is 188 Å². The summed E-state index contributed by atoms with van der Waals surface area (Å²) in [6, 6.07) is 16.8. The van der Waals surface area contributed by atoms with Crippen LogP contribution in [0.25, 0.3) is 11.1 Å². The highest BCUT2D eigenvalue weighted by atomic mass is 16.5. The maximum Gasteiger partial charge on any atom is 0.252 e. The Morgan fingerprint density at radius 2 is 1.94 bits per heavy atom. The predicted molar refractivity (Wildman–Crippen MR) is 125 cm³/mol. The van der Waals surface area contributed by atoms with E-state index in [4.69, 9.17) is 10.5 Å². The molecule has 2 heterocycles. The van der Waals surface area contributed by atoms with Crippen molar-refractivity contribution in [2.45, 2.75) is 31.7 Å². The largest absolute Gasteiger partial charge is 0.394 e. The average molecular weight is 432 g/mol. The number of nitrogens with two attached hydrogens (primary N) is 1. The van der Waals surface area contributed by atoms with Gasteiger partial charge in [0.2, 0.25) is 0 Å². The summed E-state index contributed by atoms with van der Waals surface area (Å²) in [6.07, 6.45) is 3.83. The van der Waals surface area contributed by atoms with Crippen LogP contribution >= 0.6 is 0 Å². The molecular weight excluding hydrogens is 402 g/mol. The van der Waals surface area contributed by atoms with E-state index in [1.807, 2.05) is 55.6 Å². The molecule has 1 atom stereocenters. The Kier molecular flexibility index (Phi) is 6.83. The zero-order valence-electron chi connectivity index (χ0n) is 18.3. The number of anilines is 1. The van der Waals surface area contributed by atoms with Crippen molar-refractivity contribution < 1.29 is 14.6 Å². The van der Waals surface area contributed by atoms with Gasteiger partial charge in [0, 0.05) is 30.5 Å². The van der Waals surface area contributed by atoms with Crippen LogP contribution in [0.5, 0.6) is 0 Å². The molecule has 1 aliphatic rings. The molecule has 3 aromatic rings. The van der Waals surface area contributed by atoms with Crippen molar-refractivity contribution in [3.8, 4) is 11.1 Å². The van der Waals surface area contributed by atoms with Gasteiger partial charge in [-0.25, -0.2) is 4.98 Å². The molecule has 6 heteroatoms. The average Bonchev–Trinajstić information content (AvgIpc) is 2.83. The van der Waals surface area contributed by atoms with E-state index in [0.717, 1.165) is 48.3 Å². The van der Waals surface area contributed by atoms with Gasteiger partial charge in [0.1, 0.15) is 5.82 Å².